The highest BCUT2D eigenvalue weighted by molar-refractivity contribution is 9.10. The number of pyridine rings is 1. The second kappa shape index (κ2) is 4.83. The summed E-state index contributed by atoms with van der Waals surface area (Å²) in [6, 6.07) is 14.9. The fourth-order valence-electron chi connectivity index (χ4n) is 1.97. The van der Waals surface area contributed by atoms with Crippen LogP contribution in [0.3, 0.4) is 0 Å². The highest BCUT2D eigenvalue weighted by Gasteiger charge is 2.13. The van der Waals surface area contributed by atoms with Crippen LogP contribution in [0.4, 0.5) is 0 Å². The molecule has 0 amide bonds. The lowest BCUT2D eigenvalue weighted by molar-refractivity contribution is 0.473. The van der Waals surface area contributed by atoms with Crippen LogP contribution in [0.1, 0.15) is 0 Å². The fourth-order valence-corrected chi connectivity index (χ4v) is 2.62. The van der Waals surface area contributed by atoms with Gasteiger partial charge in [0.2, 0.25) is 0 Å². The van der Waals surface area contributed by atoms with Gasteiger partial charge in [0, 0.05) is 16.0 Å². The molecule has 0 fully saturated rings. The smallest absolute Gasteiger partial charge is 0.156 e. The molecule has 2 aromatic carbocycles. The molecular formula is C15H9BrClNO. The number of nitrogens with zero attached hydrogens (tertiary/aromatic N) is 1. The van der Waals surface area contributed by atoms with Crippen molar-refractivity contribution >= 4 is 38.4 Å². The van der Waals surface area contributed by atoms with Crippen molar-refractivity contribution in [1.29, 1.82) is 0 Å². The Balaban J connectivity index is 2.29. The van der Waals surface area contributed by atoms with Gasteiger partial charge in [0.05, 0.1) is 9.99 Å². The molecule has 1 aromatic heterocycles. The molecule has 0 aliphatic heterocycles. The molecule has 19 heavy (non-hydrogen) atoms. The van der Waals surface area contributed by atoms with E-state index in [1.807, 2.05) is 36.4 Å². The molecule has 0 aliphatic carbocycles. The van der Waals surface area contributed by atoms with Gasteiger partial charge in [-0.05, 0) is 34.1 Å². The molecule has 0 aliphatic rings. The first-order chi connectivity index (χ1) is 9.16. The number of halogens is 2. The molecule has 4 heteroatoms. The predicted molar refractivity (Wildman–Crippen MR) is 81.6 cm³/mol. The summed E-state index contributed by atoms with van der Waals surface area (Å²) in [6.45, 7) is 0. The number of hydrogen-bond acceptors (Lipinski definition) is 2. The van der Waals surface area contributed by atoms with Gasteiger partial charge in [0.1, 0.15) is 5.69 Å². The predicted octanol–water partition coefficient (Wildman–Crippen LogP) is 5.02. The minimum absolute atomic E-state index is 0.140. The monoisotopic (exact) mass is 333 g/mol. The third-order valence-corrected chi connectivity index (χ3v) is 3.98. The lowest BCUT2D eigenvalue weighted by Crippen LogP contribution is -1.88. The molecule has 0 saturated heterocycles. The number of hydrogen-bond donors (Lipinski definition) is 1. The Morgan fingerprint density at radius 2 is 1.68 bits per heavy atom. The first-order valence-corrected chi connectivity index (χ1v) is 6.87. The maximum atomic E-state index is 10.3. The van der Waals surface area contributed by atoms with E-state index in [1.54, 1.807) is 12.1 Å². The fraction of sp³-hybridized carbons (Fsp3) is 0. The van der Waals surface area contributed by atoms with Crippen LogP contribution in [0.2, 0.25) is 5.02 Å². The number of rotatable bonds is 1. The van der Waals surface area contributed by atoms with Gasteiger partial charge >= 0.3 is 0 Å². The van der Waals surface area contributed by atoms with Crippen LogP contribution in [0, 0.1) is 0 Å². The summed E-state index contributed by atoms with van der Waals surface area (Å²) in [5.74, 6) is 0.140. The van der Waals surface area contributed by atoms with Crippen molar-refractivity contribution in [2.75, 3.05) is 0 Å². The van der Waals surface area contributed by atoms with Gasteiger partial charge in [-0.3, -0.25) is 0 Å². The van der Waals surface area contributed by atoms with Gasteiger partial charge in [-0.15, -0.1) is 0 Å². The summed E-state index contributed by atoms with van der Waals surface area (Å²) in [5.41, 5.74) is 2.20. The van der Waals surface area contributed by atoms with Crippen LogP contribution in [-0.2, 0) is 0 Å². The standard InChI is InChI=1S/C15H9BrClNO/c16-13-11-3-1-2-4-12(11)18-14(15(13)19)9-5-7-10(17)8-6-9/h1-8,19H. The van der Waals surface area contributed by atoms with Crippen molar-refractivity contribution in [2.24, 2.45) is 0 Å². The number of aromatic hydroxyl groups is 1. The Hall–Kier alpha value is -1.58. The summed E-state index contributed by atoms with van der Waals surface area (Å²) in [7, 11) is 0. The number of fused-ring (bicyclic) bond motifs is 1. The van der Waals surface area contributed by atoms with Crippen molar-refractivity contribution in [1.82, 2.24) is 4.98 Å². The minimum atomic E-state index is 0.140. The maximum absolute atomic E-state index is 10.3. The van der Waals surface area contributed by atoms with Crippen LogP contribution in [0.5, 0.6) is 5.75 Å². The Labute approximate surface area is 123 Å². The second-order valence-corrected chi connectivity index (χ2v) is 5.38. The van der Waals surface area contributed by atoms with E-state index >= 15 is 0 Å². The number of benzene rings is 2. The van der Waals surface area contributed by atoms with Crippen LogP contribution in [-0.4, -0.2) is 10.1 Å². The van der Waals surface area contributed by atoms with Crippen LogP contribution in [0.25, 0.3) is 22.2 Å². The molecule has 1 heterocycles. The second-order valence-electron chi connectivity index (χ2n) is 4.15. The van der Waals surface area contributed by atoms with E-state index in [0.29, 0.717) is 15.2 Å². The molecule has 3 aromatic rings. The van der Waals surface area contributed by atoms with Crippen LogP contribution >= 0.6 is 27.5 Å². The van der Waals surface area contributed by atoms with Crippen molar-refractivity contribution < 1.29 is 5.11 Å². The molecule has 0 atom stereocenters. The normalized spacial score (nSPS) is 10.8. The SMILES string of the molecule is Oc1c(-c2ccc(Cl)cc2)nc2ccccc2c1Br. The molecule has 0 bridgehead atoms. The highest BCUT2D eigenvalue weighted by atomic mass is 79.9. The van der Waals surface area contributed by atoms with Crippen molar-refractivity contribution in [2.45, 2.75) is 0 Å². The Morgan fingerprint density at radius 3 is 2.42 bits per heavy atom. The summed E-state index contributed by atoms with van der Waals surface area (Å²) in [6.07, 6.45) is 0. The van der Waals surface area contributed by atoms with E-state index in [4.69, 9.17) is 11.6 Å². The Bertz CT molecular complexity index is 756. The average Bonchev–Trinajstić information content (AvgIpc) is 2.44. The zero-order valence-electron chi connectivity index (χ0n) is 9.77. The molecule has 94 valence electrons. The van der Waals surface area contributed by atoms with Crippen LogP contribution < -0.4 is 0 Å². The summed E-state index contributed by atoms with van der Waals surface area (Å²) in [5, 5.41) is 11.8. The third-order valence-electron chi connectivity index (χ3n) is 2.92. The van der Waals surface area contributed by atoms with E-state index in [2.05, 4.69) is 20.9 Å². The first kappa shape index (κ1) is 12.5. The van der Waals surface area contributed by atoms with Gasteiger partial charge < -0.3 is 5.11 Å². The first-order valence-electron chi connectivity index (χ1n) is 5.70. The van der Waals surface area contributed by atoms with Gasteiger partial charge in [-0.1, -0.05) is 41.9 Å². The Morgan fingerprint density at radius 1 is 1.00 bits per heavy atom. The molecule has 1 N–H and O–H groups in total. The quantitative estimate of drug-likeness (QED) is 0.677. The Kier molecular flexibility index (Phi) is 3.17. The largest absolute Gasteiger partial charge is 0.505 e. The van der Waals surface area contributed by atoms with Crippen molar-refractivity contribution in [3.63, 3.8) is 0 Å². The minimum Gasteiger partial charge on any atom is -0.505 e. The van der Waals surface area contributed by atoms with Gasteiger partial charge in [0.15, 0.2) is 5.75 Å². The van der Waals surface area contributed by atoms with Gasteiger partial charge in [-0.25, -0.2) is 4.98 Å². The van der Waals surface area contributed by atoms with E-state index in [9.17, 15) is 5.11 Å². The van der Waals surface area contributed by atoms with E-state index in [-0.39, 0.29) is 5.75 Å². The number of para-hydroxylation sites is 1. The zero-order chi connectivity index (χ0) is 13.4. The highest BCUT2D eigenvalue weighted by Crippen LogP contribution is 2.38. The molecule has 0 radical (unpaired) electrons. The maximum Gasteiger partial charge on any atom is 0.156 e. The molecule has 0 unspecified atom stereocenters. The van der Waals surface area contributed by atoms with Crippen molar-refractivity contribution in [3.05, 3.63) is 58.0 Å². The summed E-state index contributed by atoms with van der Waals surface area (Å²) < 4.78 is 0.656. The van der Waals surface area contributed by atoms with E-state index in [1.165, 1.54) is 0 Å². The van der Waals surface area contributed by atoms with E-state index < -0.39 is 0 Å². The lowest BCUT2D eigenvalue weighted by atomic mass is 10.1. The molecule has 3 rings (SSSR count). The summed E-state index contributed by atoms with van der Waals surface area (Å²) >= 11 is 9.30. The van der Waals surface area contributed by atoms with E-state index in [0.717, 1.165) is 16.5 Å². The molecule has 2 nitrogen and oxygen atoms in total. The summed E-state index contributed by atoms with van der Waals surface area (Å²) in [4.78, 5) is 4.51. The topological polar surface area (TPSA) is 33.1 Å². The molecular weight excluding hydrogens is 326 g/mol. The van der Waals surface area contributed by atoms with Gasteiger partial charge in [-0.2, -0.15) is 0 Å². The number of aromatic nitrogens is 1. The average molecular weight is 335 g/mol. The molecule has 0 spiro atoms. The lowest BCUT2D eigenvalue weighted by Gasteiger charge is -2.09. The zero-order valence-corrected chi connectivity index (χ0v) is 12.1. The third kappa shape index (κ3) is 2.20. The van der Waals surface area contributed by atoms with Crippen molar-refractivity contribution in [3.8, 4) is 17.0 Å². The molecule has 0 saturated carbocycles. The van der Waals surface area contributed by atoms with Gasteiger partial charge in [0.25, 0.3) is 0 Å². The van der Waals surface area contributed by atoms with Crippen LogP contribution in [0.15, 0.2) is 53.0 Å².